The second-order valence-corrected chi connectivity index (χ2v) is 9.05. The molecule has 0 fully saturated rings. The number of aliphatic hydroxyl groups is 1. The zero-order valence-electron chi connectivity index (χ0n) is 21.6. The molecule has 5 heterocycles. The molecule has 0 aromatic carbocycles. The first kappa shape index (κ1) is 22.6. The molecular formula is C24H22ClF2N5O5. The third kappa shape index (κ3) is 4.99. The Morgan fingerprint density at radius 3 is 2.89 bits per heavy atom. The van der Waals surface area contributed by atoms with Gasteiger partial charge in [-0.3, -0.25) is 14.8 Å². The summed E-state index contributed by atoms with van der Waals surface area (Å²) in [6.45, 7) is 0.599. The molecule has 0 saturated heterocycles. The van der Waals surface area contributed by atoms with Crippen molar-refractivity contribution < 1.29 is 30.8 Å². The Kier molecular flexibility index (Phi) is 5.91. The lowest BCUT2D eigenvalue weighted by Gasteiger charge is -2.29. The van der Waals surface area contributed by atoms with Crippen LogP contribution in [0.4, 0.5) is 8.78 Å². The molecule has 3 aromatic heterocycles. The monoisotopic (exact) mass is 535 g/mol. The molecule has 2 aliphatic heterocycles. The van der Waals surface area contributed by atoms with Crippen LogP contribution in [0.2, 0.25) is 5.02 Å². The first-order chi connectivity index (χ1) is 18.3. The number of aliphatic imine (C=N–C) groups is 1. The van der Waals surface area contributed by atoms with Gasteiger partial charge >= 0.3 is 0 Å². The lowest BCUT2D eigenvalue weighted by Crippen LogP contribution is -2.37. The number of hydrogen-bond donors (Lipinski definition) is 1. The Labute approximate surface area is 217 Å². The highest BCUT2D eigenvalue weighted by molar-refractivity contribution is 6.31. The van der Waals surface area contributed by atoms with E-state index in [4.69, 9.17) is 28.6 Å². The minimum Gasteiger partial charge on any atom is -0.485 e. The SMILES string of the molecule is [2H]C([2H])(Oc1cc2n(c(=O)c1Cl)C1=CC(n3ccc(C(C)(C)O)n3)=NC[C@@H]1OCCO2)c1ncc(F)cc1F. The normalized spacial score (nSPS) is 18.7. The van der Waals surface area contributed by atoms with Crippen LogP contribution in [0.15, 0.2) is 46.5 Å². The minimum atomic E-state index is -2.91. The molecule has 0 saturated carbocycles. The summed E-state index contributed by atoms with van der Waals surface area (Å²) in [5.74, 6) is -2.40. The van der Waals surface area contributed by atoms with Gasteiger partial charge in [0.15, 0.2) is 11.7 Å². The maximum absolute atomic E-state index is 14.2. The molecule has 3 aromatic rings. The molecule has 37 heavy (non-hydrogen) atoms. The van der Waals surface area contributed by atoms with Crippen molar-refractivity contribution in [3.63, 3.8) is 0 Å². The van der Waals surface area contributed by atoms with E-state index >= 15 is 0 Å². The van der Waals surface area contributed by atoms with Crippen LogP contribution in [-0.2, 0) is 16.9 Å². The second-order valence-electron chi connectivity index (χ2n) is 8.67. The van der Waals surface area contributed by atoms with Gasteiger partial charge in [-0.1, -0.05) is 11.6 Å². The summed E-state index contributed by atoms with van der Waals surface area (Å²) in [5.41, 5.74) is -2.11. The van der Waals surface area contributed by atoms with Crippen LogP contribution in [0.1, 0.15) is 28.0 Å². The van der Waals surface area contributed by atoms with E-state index in [1.165, 1.54) is 10.7 Å². The van der Waals surface area contributed by atoms with Gasteiger partial charge < -0.3 is 19.3 Å². The first-order valence-electron chi connectivity index (χ1n) is 12.1. The number of hydrogen-bond acceptors (Lipinski definition) is 8. The van der Waals surface area contributed by atoms with E-state index in [1.54, 1.807) is 32.2 Å². The predicted molar refractivity (Wildman–Crippen MR) is 129 cm³/mol. The third-order valence-corrected chi connectivity index (χ3v) is 5.88. The number of fused-ring (bicyclic) bond motifs is 3. The van der Waals surface area contributed by atoms with E-state index in [0.29, 0.717) is 29.5 Å². The van der Waals surface area contributed by atoms with E-state index in [1.807, 2.05) is 0 Å². The van der Waals surface area contributed by atoms with Crippen molar-refractivity contribution in [2.75, 3.05) is 19.8 Å². The first-order valence-corrected chi connectivity index (χ1v) is 11.5. The molecule has 0 unspecified atom stereocenters. The minimum absolute atomic E-state index is 0.0377. The number of dihydropyridines is 1. The molecule has 0 amide bonds. The van der Waals surface area contributed by atoms with Gasteiger partial charge in [0.2, 0.25) is 5.88 Å². The van der Waals surface area contributed by atoms with Gasteiger partial charge in [-0.15, -0.1) is 0 Å². The fraction of sp³-hybridized carbons (Fsp3) is 0.333. The molecule has 1 N–H and O–H groups in total. The Balaban J connectivity index is 1.56. The average molecular weight is 536 g/mol. The molecule has 0 spiro atoms. The average Bonchev–Trinajstić information content (AvgIpc) is 3.35. The molecule has 1 atom stereocenters. The Hall–Kier alpha value is -3.61. The van der Waals surface area contributed by atoms with Gasteiger partial charge in [0.1, 0.15) is 47.2 Å². The van der Waals surface area contributed by atoms with E-state index in [0.717, 1.165) is 4.57 Å². The maximum Gasteiger partial charge on any atom is 0.280 e. The van der Waals surface area contributed by atoms with Crippen molar-refractivity contribution in [2.24, 2.45) is 4.99 Å². The van der Waals surface area contributed by atoms with Crippen LogP contribution in [0.3, 0.4) is 0 Å². The molecule has 0 bridgehead atoms. The van der Waals surface area contributed by atoms with Crippen LogP contribution in [0.5, 0.6) is 11.6 Å². The quantitative estimate of drug-likeness (QED) is 0.546. The summed E-state index contributed by atoms with van der Waals surface area (Å²) >= 11 is 6.32. The fourth-order valence-electron chi connectivity index (χ4n) is 3.70. The number of halogens is 3. The zero-order valence-corrected chi connectivity index (χ0v) is 20.4. The van der Waals surface area contributed by atoms with Crippen LogP contribution in [-0.4, -0.2) is 56.1 Å². The highest BCUT2D eigenvalue weighted by Crippen LogP contribution is 2.32. The van der Waals surface area contributed by atoms with Crippen molar-refractivity contribution in [2.45, 2.75) is 32.1 Å². The molecule has 0 radical (unpaired) electrons. The van der Waals surface area contributed by atoms with Crippen molar-refractivity contribution >= 4 is 23.1 Å². The Morgan fingerprint density at radius 1 is 1.35 bits per heavy atom. The zero-order chi connectivity index (χ0) is 28.1. The molecule has 2 aliphatic rings. The van der Waals surface area contributed by atoms with Gasteiger partial charge in [0.05, 0.1) is 33.5 Å². The van der Waals surface area contributed by atoms with E-state index < -0.39 is 51.9 Å². The van der Waals surface area contributed by atoms with E-state index in [-0.39, 0.29) is 25.6 Å². The summed E-state index contributed by atoms with van der Waals surface area (Å²) in [6, 6.07) is 3.29. The van der Waals surface area contributed by atoms with Crippen LogP contribution in [0, 0.1) is 11.6 Å². The number of rotatable bonds is 4. The van der Waals surface area contributed by atoms with Gasteiger partial charge in [-0.05, 0) is 19.9 Å². The summed E-state index contributed by atoms with van der Waals surface area (Å²) in [6.07, 6.45) is 3.16. The van der Waals surface area contributed by atoms with Crippen molar-refractivity contribution in [3.8, 4) is 11.6 Å². The smallest absolute Gasteiger partial charge is 0.280 e. The molecule has 194 valence electrons. The fourth-order valence-corrected chi connectivity index (χ4v) is 3.88. The number of nitrogens with zero attached hydrogens (tertiary/aromatic N) is 5. The molecule has 13 heteroatoms. The largest absolute Gasteiger partial charge is 0.485 e. The third-order valence-electron chi connectivity index (χ3n) is 5.53. The predicted octanol–water partition coefficient (Wildman–Crippen LogP) is 2.76. The van der Waals surface area contributed by atoms with Crippen molar-refractivity contribution in [1.82, 2.24) is 19.3 Å². The van der Waals surface area contributed by atoms with Crippen molar-refractivity contribution in [3.05, 3.63) is 75.1 Å². The Bertz CT molecular complexity index is 1570. The van der Waals surface area contributed by atoms with Crippen LogP contribution < -0.4 is 15.0 Å². The van der Waals surface area contributed by atoms with Crippen molar-refractivity contribution in [1.29, 1.82) is 0 Å². The molecule has 5 rings (SSSR count). The van der Waals surface area contributed by atoms with Crippen LogP contribution >= 0.6 is 11.6 Å². The van der Waals surface area contributed by atoms with Gasteiger partial charge in [-0.2, -0.15) is 5.10 Å². The summed E-state index contributed by atoms with van der Waals surface area (Å²) in [7, 11) is 0. The summed E-state index contributed by atoms with van der Waals surface area (Å²) < 4.78 is 63.2. The highest BCUT2D eigenvalue weighted by atomic mass is 35.5. The molecular weight excluding hydrogens is 512 g/mol. The number of allylic oxidation sites excluding steroid dienone is 1. The van der Waals surface area contributed by atoms with Crippen LogP contribution in [0.25, 0.3) is 5.70 Å². The molecule has 10 nitrogen and oxygen atoms in total. The lowest BCUT2D eigenvalue weighted by molar-refractivity contribution is 0.0564. The van der Waals surface area contributed by atoms with Gasteiger partial charge in [-0.25, -0.2) is 18.0 Å². The molecule has 0 aliphatic carbocycles. The topological polar surface area (TPSA) is 113 Å². The van der Waals surface area contributed by atoms with Gasteiger partial charge in [0, 0.05) is 24.4 Å². The van der Waals surface area contributed by atoms with E-state index in [2.05, 4.69) is 15.1 Å². The summed E-state index contributed by atoms with van der Waals surface area (Å²) in [5, 5.41) is 14.1. The number of ether oxygens (including phenoxy) is 3. The second kappa shape index (κ2) is 9.69. The highest BCUT2D eigenvalue weighted by Gasteiger charge is 2.30. The number of pyridine rings is 2. The number of aromatic nitrogens is 4. The van der Waals surface area contributed by atoms with Gasteiger partial charge in [0.25, 0.3) is 5.56 Å². The Morgan fingerprint density at radius 2 is 2.16 bits per heavy atom. The maximum atomic E-state index is 14.2. The lowest BCUT2D eigenvalue weighted by atomic mass is 10.1. The van der Waals surface area contributed by atoms with E-state index in [9.17, 15) is 18.7 Å². The standard InChI is InChI=1S/C24H22ClF2N5O5/c1-24(2,34)19-3-4-31(30-19)20-8-16-18(11-29-20)35-5-6-36-21-9-17(22(25)23(33)32(16)21)37-12-15-14(27)7-13(26)10-28-15/h3-4,7-10,18,34H,5-6,11-12H2,1-2H3/t18-/m0/s1/i12D2. The summed E-state index contributed by atoms with van der Waals surface area (Å²) in [4.78, 5) is 21.4.